The first-order valence-electron chi connectivity index (χ1n) is 7.66. The minimum Gasteiger partial charge on any atom is -0.481 e. The molecule has 1 atom stereocenters. The Bertz CT molecular complexity index is 563. The Morgan fingerprint density at radius 3 is 2.09 bits per heavy atom. The van der Waals surface area contributed by atoms with Gasteiger partial charge in [-0.05, 0) is 24.1 Å². The Kier molecular flexibility index (Phi) is 7.55. The predicted molar refractivity (Wildman–Crippen MR) is 84.6 cm³/mol. The molecule has 2 N–H and O–H groups in total. The van der Waals surface area contributed by atoms with Crippen LogP contribution >= 0.6 is 0 Å². The lowest BCUT2D eigenvalue weighted by Crippen LogP contribution is -2.12. The molecule has 0 fully saturated rings. The van der Waals surface area contributed by atoms with E-state index in [1.54, 1.807) is 0 Å². The first kappa shape index (κ1) is 18.6. The van der Waals surface area contributed by atoms with Crippen LogP contribution in [0.25, 0.3) is 0 Å². The molecule has 1 unspecified atom stereocenters. The third-order valence-electron chi connectivity index (χ3n) is 3.72. The molecule has 1 aromatic carbocycles. The highest BCUT2D eigenvalue weighted by molar-refractivity contribution is 7.85. The van der Waals surface area contributed by atoms with Crippen LogP contribution in [0.15, 0.2) is 29.2 Å². The molecule has 0 aliphatic heterocycles. The molecule has 0 aliphatic carbocycles. The van der Waals surface area contributed by atoms with E-state index in [2.05, 4.69) is 6.92 Å². The standard InChI is InChI=1S/C16H24O5S/c1-2-3-4-5-6-7-8-15(16(17)18)13-9-11-14(12-10-13)22(19,20)21/h9-12,15H,2-8H2,1H3,(H,17,18)(H,19,20,21). The van der Waals surface area contributed by atoms with E-state index in [1.807, 2.05) is 0 Å². The van der Waals surface area contributed by atoms with Crippen molar-refractivity contribution < 1.29 is 22.9 Å². The second-order valence-electron chi connectivity index (χ2n) is 5.49. The van der Waals surface area contributed by atoms with Gasteiger partial charge in [0.25, 0.3) is 10.1 Å². The molecule has 22 heavy (non-hydrogen) atoms. The lowest BCUT2D eigenvalue weighted by Gasteiger charge is -2.13. The summed E-state index contributed by atoms with van der Waals surface area (Å²) in [6.45, 7) is 2.15. The van der Waals surface area contributed by atoms with Crippen LogP contribution < -0.4 is 0 Å². The summed E-state index contributed by atoms with van der Waals surface area (Å²) in [5.41, 5.74) is 0.563. The van der Waals surface area contributed by atoms with E-state index in [1.165, 1.54) is 43.5 Å². The van der Waals surface area contributed by atoms with E-state index in [0.717, 1.165) is 19.3 Å². The minimum atomic E-state index is -4.24. The molecule has 0 heterocycles. The number of unbranched alkanes of at least 4 members (excludes halogenated alkanes) is 5. The van der Waals surface area contributed by atoms with Gasteiger partial charge < -0.3 is 5.11 Å². The highest BCUT2D eigenvalue weighted by Gasteiger charge is 2.20. The average molecular weight is 328 g/mol. The Morgan fingerprint density at radius 1 is 1.05 bits per heavy atom. The summed E-state index contributed by atoms with van der Waals surface area (Å²) in [6, 6.07) is 5.39. The van der Waals surface area contributed by atoms with Crippen LogP contribution in [0.5, 0.6) is 0 Å². The van der Waals surface area contributed by atoms with Crippen LogP contribution in [-0.4, -0.2) is 24.0 Å². The van der Waals surface area contributed by atoms with Crippen molar-refractivity contribution in [2.75, 3.05) is 0 Å². The fraction of sp³-hybridized carbons (Fsp3) is 0.562. The maximum absolute atomic E-state index is 11.4. The summed E-state index contributed by atoms with van der Waals surface area (Å²) >= 11 is 0. The average Bonchev–Trinajstić information content (AvgIpc) is 2.45. The molecule has 124 valence electrons. The van der Waals surface area contributed by atoms with Crippen molar-refractivity contribution in [3.05, 3.63) is 29.8 Å². The summed E-state index contributed by atoms with van der Waals surface area (Å²) in [6.07, 6.45) is 7.05. The van der Waals surface area contributed by atoms with E-state index in [9.17, 15) is 18.3 Å². The maximum Gasteiger partial charge on any atom is 0.310 e. The van der Waals surface area contributed by atoms with Crippen LogP contribution in [0.2, 0.25) is 0 Å². The number of rotatable bonds is 10. The van der Waals surface area contributed by atoms with Gasteiger partial charge in [-0.25, -0.2) is 0 Å². The number of aliphatic carboxylic acids is 1. The number of carbonyl (C=O) groups is 1. The topological polar surface area (TPSA) is 91.7 Å². The number of carboxylic acid groups (broad SMARTS) is 1. The smallest absolute Gasteiger partial charge is 0.310 e. The largest absolute Gasteiger partial charge is 0.481 e. The third kappa shape index (κ3) is 6.15. The van der Waals surface area contributed by atoms with Gasteiger partial charge in [0.05, 0.1) is 10.8 Å². The second kappa shape index (κ2) is 8.90. The highest BCUT2D eigenvalue weighted by Crippen LogP contribution is 2.24. The molecule has 0 saturated heterocycles. The van der Waals surface area contributed by atoms with Gasteiger partial charge in [0.1, 0.15) is 0 Å². The van der Waals surface area contributed by atoms with Crippen LogP contribution in [0.1, 0.15) is 63.4 Å². The number of carboxylic acids is 1. The normalized spacial score (nSPS) is 13.0. The monoisotopic (exact) mass is 328 g/mol. The SMILES string of the molecule is CCCCCCCCC(C(=O)O)c1ccc(S(=O)(=O)O)cc1. The molecule has 0 aromatic heterocycles. The van der Waals surface area contributed by atoms with Crippen LogP contribution in [-0.2, 0) is 14.9 Å². The van der Waals surface area contributed by atoms with Gasteiger partial charge in [-0.15, -0.1) is 0 Å². The molecule has 5 nitrogen and oxygen atoms in total. The van der Waals surface area contributed by atoms with E-state index < -0.39 is 22.0 Å². The van der Waals surface area contributed by atoms with E-state index in [-0.39, 0.29) is 4.90 Å². The van der Waals surface area contributed by atoms with Gasteiger partial charge in [-0.3, -0.25) is 9.35 Å². The third-order valence-corrected chi connectivity index (χ3v) is 4.59. The minimum absolute atomic E-state index is 0.222. The van der Waals surface area contributed by atoms with Gasteiger partial charge in [0.15, 0.2) is 0 Å². The predicted octanol–water partition coefficient (Wildman–Crippen LogP) is 3.85. The molecule has 0 radical (unpaired) electrons. The Labute approximate surface area is 132 Å². The fourth-order valence-corrected chi connectivity index (χ4v) is 2.91. The van der Waals surface area contributed by atoms with Gasteiger partial charge in [0.2, 0.25) is 0 Å². The lowest BCUT2D eigenvalue weighted by molar-refractivity contribution is -0.139. The van der Waals surface area contributed by atoms with E-state index in [4.69, 9.17) is 4.55 Å². The summed E-state index contributed by atoms with van der Waals surface area (Å²) in [7, 11) is -4.24. The van der Waals surface area contributed by atoms with Crippen LogP contribution in [0.4, 0.5) is 0 Å². The number of benzene rings is 1. The fourth-order valence-electron chi connectivity index (χ4n) is 2.43. The molecular formula is C16H24O5S. The quantitative estimate of drug-likeness (QED) is 0.503. The first-order chi connectivity index (χ1) is 10.4. The molecule has 0 amide bonds. The molecule has 6 heteroatoms. The van der Waals surface area contributed by atoms with Gasteiger partial charge in [-0.1, -0.05) is 57.6 Å². The maximum atomic E-state index is 11.4. The zero-order valence-electron chi connectivity index (χ0n) is 12.9. The van der Waals surface area contributed by atoms with Crippen molar-refractivity contribution in [3.63, 3.8) is 0 Å². The Hall–Kier alpha value is -1.40. The zero-order valence-corrected chi connectivity index (χ0v) is 13.7. The molecule has 0 bridgehead atoms. The van der Waals surface area contributed by atoms with Crippen molar-refractivity contribution >= 4 is 16.1 Å². The van der Waals surface area contributed by atoms with Crippen LogP contribution in [0, 0.1) is 0 Å². The van der Waals surface area contributed by atoms with Gasteiger partial charge in [0, 0.05) is 0 Å². The first-order valence-corrected chi connectivity index (χ1v) is 9.10. The van der Waals surface area contributed by atoms with Crippen molar-refractivity contribution in [1.82, 2.24) is 0 Å². The van der Waals surface area contributed by atoms with Crippen molar-refractivity contribution in [2.45, 2.75) is 62.7 Å². The Morgan fingerprint density at radius 2 is 1.59 bits per heavy atom. The van der Waals surface area contributed by atoms with E-state index in [0.29, 0.717) is 12.0 Å². The van der Waals surface area contributed by atoms with Crippen molar-refractivity contribution in [2.24, 2.45) is 0 Å². The summed E-state index contributed by atoms with van der Waals surface area (Å²) in [4.78, 5) is 11.2. The zero-order chi connectivity index (χ0) is 16.6. The summed E-state index contributed by atoms with van der Waals surface area (Å²) in [5.74, 6) is -1.55. The molecule has 0 aliphatic rings. The molecule has 0 spiro atoms. The van der Waals surface area contributed by atoms with Crippen LogP contribution in [0.3, 0.4) is 0 Å². The summed E-state index contributed by atoms with van der Waals surface area (Å²) < 4.78 is 30.9. The second-order valence-corrected chi connectivity index (χ2v) is 6.91. The van der Waals surface area contributed by atoms with Crippen molar-refractivity contribution in [3.8, 4) is 0 Å². The number of hydrogen-bond acceptors (Lipinski definition) is 3. The lowest BCUT2D eigenvalue weighted by atomic mass is 9.93. The highest BCUT2D eigenvalue weighted by atomic mass is 32.2. The molecule has 0 saturated carbocycles. The van der Waals surface area contributed by atoms with E-state index >= 15 is 0 Å². The Balaban J connectivity index is 2.62. The van der Waals surface area contributed by atoms with Crippen molar-refractivity contribution in [1.29, 1.82) is 0 Å². The van der Waals surface area contributed by atoms with Gasteiger partial charge >= 0.3 is 5.97 Å². The molecular weight excluding hydrogens is 304 g/mol. The molecule has 1 rings (SSSR count). The molecule has 1 aromatic rings. The van der Waals surface area contributed by atoms with Gasteiger partial charge in [-0.2, -0.15) is 8.42 Å². The number of hydrogen-bond donors (Lipinski definition) is 2. The summed E-state index contributed by atoms with van der Waals surface area (Å²) in [5, 5.41) is 9.33.